The molecule has 2 aromatic carbocycles. The molecule has 1 heterocycles. The van der Waals surface area contributed by atoms with Crippen LogP contribution >= 0.6 is 0 Å². The van der Waals surface area contributed by atoms with E-state index in [1.807, 2.05) is 24.3 Å². The summed E-state index contributed by atoms with van der Waals surface area (Å²) in [7, 11) is 0. The summed E-state index contributed by atoms with van der Waals surface area (Å²) in [5.41, 5.74) is 4.59. The molecule has 3 rings (SSSR count). The Morgan fingerprint density at radius 3 is 2.14 bits per heavy atom. The van der Waals surface area contributed by atoms with E-state index in [4.69, 9.17) is 0 Å². The minimum Gasteiger partial charge on any atom is -0.379 e. The molecule has 3 aromatic rings. The van der Waals surface area contributed by atoms with E-state index in [9.17, 15) is 0 Å². The largest absolute Gasteiger partial charge is 0.379 e. The van der Waals surface area contributed by atoms with Gasteiger partial charge in [-0.05, 0) is 43.7 Å². The average Bonchev–Trinajstić information content (AvgIpc) is 3.03. The smallest absolute Gasteiger partial charge is 0.0858 e. The Kier molecular flexibility index (Phi) is 3.69. The van der Waals surface area contributed by atoms with Gasteiger partial charge in [-0.2, -0.15) is 15.0 Å². The summed E-state index contributed by atoms with van der Waals surface area (Å²) in [6, 6.07) is 17.0. The fourth-order valence-electron chi connectivity index (χ4n) is 2.23. The highest BCUT2D eigenvalue weighted by atomic mass is 15.5. The number of aromatic nitrogens is 3. The van der Waals surface area contributed by atoms with Crippen LogP contribution in [0.1, 0.15) is 24.1 Å². The van der Waals surface area contributed by atoms with Crippen molar-refractivity contribution in [3.8, 4) is 5.69 Å². The first-order valence-corrected chi connectivity index (χ1v) is 7.02. The van der Waals surface area contributed by atoms with Crippen molar-refractivity contribution in [1.82, 2.24) is 15.0 Å². The van der Waals surface area contributed by atoms with Gasteiger partial charge in [0, 0.05) is 11.7 Å². The van der Waals surface area contributed by atoms with Crippen LogP contribution in [0, 0.1) is 6.92 Å². The lowest BCUT2D eigenvalue weighted by Crippen LogP contribution is -2.06. The molecule has 0 aliphatic carbocycles. The predicted molar refractivity (Wildman–Crippen MR) is 84.6 cm³/mol. The van der Waals surface area contributed by atoms with Crippen LogP contribution in [0.15, 0.2) is 60.9 Å². The number of nitrogens with one attached hydrogen (secondary N) is 1. The molecule has 1 unspecified atom stereocenters. The molecular formula is C17H18N4. The number of aryl methyl sites for hydroxylation is 1. The van der Waals surface area contributed by atoms with Gasteiger partial charge < -0.3 is 5.32 Å². The maximum absolute atomic E-state index is 4.12. The second-order valence-electron chi connectivity index (χ2n) is 5.14. The molecule has 0 saturated heterocycles. The van der Waals surface area contributed by atoms with Crippen LogP contribution in [0.5, 0.6) is 0 Å². The van der Waals surface area contributed by atoms with E-state index in [-0.39, 0.29) is 6.04 Å². The van der Waals surface area contributed by atoms with Crippen molar-refractivity contribution >= 4 is 5.69 Å². The molecule has 0 spiro atoms. The number of rotatable bonds is 4. The zero-order chi connectivity index (χ0) is 14.7. The molecule has 1 N–H and O–H groups in total. The third kappa shape index (κ3) is 3.11. The van der Waals surface area contributed by atoms with Crippen LogP contribution < -0.4 is 5.32 Å². The molecule has 4 heteroatoms. The van der Waals surface area contributed by atoms with Crippen LogP contribution in [0.4, 0.5) is 5.69 Å². The van der Waals surface area contributed by atoms with Crippen LogP contribution in [0.3, 0.4) is 0 Å². The summed E-state index contributed by atoms with van der Waals surface area (Å²) < 4.78 is 0. The fraction of sp³-hybridized carbons (Fsp3) is 0.176. The maximum Gasteiger partial charge on any atom is 0.0858 e. The van der Waals surface area contributed by atoms with Crippen LogP contribution in [0.2, 0.25) is 0 Å². The summed E-state index contributed by atoms with van der Waals surface area (Å²) in [5, 5.41) is 11.7. The van der Waals surface area contributed by atoms with Gasteiger partial charge in [0.25, 0.3) is 0 Å². The predicted octanol–water partition coefficient (Wildman–Crippen LogP) is 3.75. The van der Waals surface area contributed by atoms with Crippen molar-refractivity contribution in [2.45, 2.75) is 19.9 Å². The number of nitrogens with zero attached hydrogens (tertiary/aromatic N) is 3. The SMILES string of the molecule is Cc1ccc(C(C)Nc2ccc(-n3nccn3)cc2)cc1. The standard InChI is InChI=1S/C17H18N4/c1-13-3-5-15(6-4-13)14(2)20-16-7-9-17(10-8-16)21-18-11-12-19-21/h3-12,14,20H,1-2H3. The Hall–Kier alpha value is -2.62. The Morgan fingerprint density at radius 1 is 0.905 bits per heavy atom. The van der Waals surface area contributed by atoms with Gasteiger partial charge in [0.1, 0.15) is 0 Å². The van der Waals surface area contributed by atoms with E-state index in [2.05, 4.69) is 53.6 Å². The van der Waals surface area contributed by atoms with Crippen molar-refractivity contribution in [1.29, 1.82) is 0 Å². The van der Waals surface area contributed by atoms with E-state index < -0.39 is 0 Å². The maximum atomic E-state index is 4.12. The van der Waals surface area contributed by atoms with Crippen molar-refractivity contribution in [2.75, 3.05) is 5.32 Å². The van der Waals surface area contributed by atoms with E-state index in [1.165, 1.54) is 11.1 Å². The third-order valence-electron chi connectivity index (χ3n) is 3.48. The summed E-state index contributed by atoms with van der Waals surface area (Å²) in [6.45, 7) is 4.26. The van der Waals surface area contributed by atoms with Gasteiger partial charge in [-0.3, -0.25) is 0 Å². The monoisotopic (exact) mass is 278 g/mol. The lowest BCUT2D eigenvalue weighted by atomic mass is 10.1. The molecular weight excluding hydrogens is 260 g/mol. The van der Waals surface area contributed by atoms with Crippen molar-refractivity contribution < 1.29 is 0 Å². The summed E-state index contributed by atoms with van der Waals surface area (Å²) in [5.74, 6) is 0. The molecule has 4 nitrogen and oxygen atoms in total. The highest BCUT2D eigenvalue weighted by molar-refractivity contribution is 5.49. The molecule has 0 saturated carbocycles. The highest BCUT2D eigenvalue weighted by Gasteiger charge is 2.05. The Morgan fingerprint density at radius 2 is 1.52 bits per heavy atom. The summed E-state index contributed by atoms with van der Waals surface area (Å²) in [4.78, 5) is 1.60. The minimum absolute atomic E-state index is 0.263. The number of hydrogen-bond acceptors (Lipinski definition) is 3. The second kappa shape index (κ2) is 5.79. The van der Waals surface area contributed by atoms with Crippen molar-refractivity contribution in [3.05, 3.63) is 72.1 Å². The molecule has 0 fully saturated rings. The molecule has 1 aromatic heterocycles. The summed E-state index contributed by atoms with van der Waals surface area (Å²) >= 11 is 0. The zero-order valence-corrected chi connectivity index (χ0v) is 12.2. The second-order valence-corrected chi connectivity index (χ2v) is 5.14. The zero-order valence-electron chi connectivity index (χ0n) is 12.2. The number of anilines is 1. The van der Waals surface area contributed by atoms with Gasteiger partial charge in [0.15, 0.2) is 0 Å². The normalized spacial score (nSPS) is 12.1. The van der Waals surface area contributed by atoms with Gasteiger partial charge >= 0.3 is 0 Å². The topological polar surface area (TPSA) is 42.7 Å². The lowest BCUT2D eigenvalue weighted by Gasteiger charge is -2.16. The summed E-state index contributed by atoms with van der Waals surface area (Å²) in [6.07, 6.45) is 3.34. The molecule has 106 valence electrons. The van der Waals surface area contributed by atoms with E-state index in [1.54, 1.807) is 17.2 Å². The van der Waals surface area contributed by atoms with Crippen LogP contribution in [-0.2, 0) is 0 Å². The van der Waals surface area contributed by atoms with Gasteiger partial charge in [-0.15, -0.1) is 0 Å². The van der Waals surface area contributed by atoms with E-state index in [0.29, 0.717) is 0 Å². The van der Waals surface area contributed by atoms with Gasteiger partial charge in [0.05, 0.1) is 18.1 Å². The van der Waals surface area contributed by atoms with Crippen LogP contribution in [0.25, 0.3) is 5.69 Å². The minimum atomic E-state index is 0.263. The Labute approximate surface area is 124 Å². The van der Waals surface area contributed by atoms with Crippen LogP contribution in [-0.4, -0.2) is 15.0 Å². The molecule has 1 atom stereocenters. The first-order chi connectivity index (χ1) is 10.2. The molecule has 0 bridgehead atoms. The first kappa shape index (κ1) is 13.4. The first-order valence-electron chi connectivity index (χ1n) is 7.02. The highest BCUT2D eigenvalue weighted by Crippen LogP contribution is 2.20. The third-order valence-corrected chi connectivity index (χ3v) is 3.48. The fourth-order valence-corrected chi connectivity index (χ4v) is 2.23. The molecule has 0 radical (unpaired) electrons. The quantitative estimate of drug-likeness (QED) is 0.790. The molecule has 21 heavy (non-hydrogen) atoms. The Bertz CT molecular complexity index is 685. The number of benzene rings is 2. The van der Waals surface area contributed by atoms with Crippen molar-refractivity contribution in [2.24, 2.45) is 0 Å². The number of hydrogen-bond donors (Lipinski definition) is 1. The van der Waals surface area contributed by atoms with Gasteiger partial charge in [0.2, 0.25) is 0 Å². The molecule has 0 aliphatic heterocycles. The van der Waals surface area contributed by atoms with Gasteiger partial charge in [-0.25, -0.2) is 0 Å². The van der Waals surface area contributed by atoms with Crippen molar-refractivity contribution in [3.63, 3.8) is 0 Å². The van der Waals surface area contributed by atoms with E-state index in [0.717, 1.165) is 11.4 Å². The molecule has 0 amide bonds. The molecule has 0 aliphatic rings. The Balaban J connectivity index is 1.71. The van der Waals surface area contributed by atoms with Gasteiger partial charge in [-0.1, -0.05) is 29.8 Å². The lowest BCUT2D eigenvalue weighted by molar-refractivity contribution is 0.752. The van der Waals surface area contributed by atoms with E-state index >= 15 is 0 Å². The average molecular weight is 278 g/mol.